The Balaban J connectivity index is 1.83. The number of carbonyl (C=O) groups is 2. The minimum atomic E-state index is -0.421. The number of aromatic nitrogens is 1. The quantitative estimate of drug-likeness (QED) is 0.606. The average molecular weight is 255 g/mol. The van der Waals surface area contributed by atoms with Gasteiger partial charge in [0.15, 0.2) is 12.4 Å². The first-order valence-corrected chi connectivity index (χ1v) is 5.88. The summed E-state index contributed by atoms with van der Waals surface area (Å²) in [5, 5.41) is 0. The molecule has 96 valence electrons. The SMILES string of the molecule is O=C(Cc1ccncc1)OCC(=O)c1ccccc1. The Morgan fingerprint density at radius 2 is 1.68 bits per heavy atom. The summed E-state index contributed by atoms with van der Waals surface area (Å²) < 4.78 is 4.95. The van der Waals surface area contributed by atoms with Crippen LogP contribution in [0.25, 0.3) is 0 Å². The van der Waals surface area contributed by atoms with Crippen molar-refractivity contribution in [2.45, 2.75) is 6.42 Å². The lowest BCUT2D eigenvalue weighted by atomic mass is 10.1. The number of nitrogens with zero attached hydrogens (tertiary/aromatic N) is 1. The van der Waals surface area contributed by atoms with E-state index in [1.54, 1.807) is 48.8 Å². The van der Waals surface area contributed by atoms with Crippen LogP contribution in [0.15, 0.2) is 54.9 Å². The van der Waals surface area contributed by atoms with Crippen molar-refractivity contribution in [1.82, 2.24) is 4.98 Å². The van der Waals surface area contributed by atoms with Crippen molar-refractivity contribution in [3.8, 4) is 0 Å². The fourth-order valence-corrected chi connectivity index (χ4v) is 1.57. The molecule has 0 aliphatic rings. The van der Waals surface area contributed by atoms with Crippen molar-refractivity contribution < 1.29 is 14.3 Å². The molecule has 0 radical (unpaired) electrons. The zero-order chi connectivity index (χ0) is 13.5. The van der Waals surface area contributed by atoms with Crippen LogP contribution >= 0.6 is 0 Å². The van der Waals surface area contributed by atoms with Crippen molar-refractivity contribution in [1.29, 1.82) is 0 Å². The fourth-order valence-electron chi connectivity index (χ4n) is 1.57. The maximum absolute atomic E-state index is 11.7. The van der Waals surface area contributed by atoms with Gasteiger partial charge in [0.25, 0.3) is 0 Å². The molecule has 0 aliphatic heterocycles. The summed E-state index contributed by atoms with van der Waals surface area (Å²) in [6.45, 7) is -0.228. The highest BCUT2D eigenvalue weighted by Crippen LogP contribution is 2.02. The van der Waals surface area contributed by atoms with Gasteiger partial charge >= 0.3 is 5.97 Å². The molecule has 1 aromatic heterocycles. The molecule has 0 spiro atoms. The maximum Gasteiger partial charge on any atom is 0.310 e. The highest BCUT2D eigenvalue weighted by atomic mass is 16.5. The van der Waals surface area contributed by atoms with E-state index in [9.17, 15) is 9.59 Å². The zero-order valence-electron chi connectivity index (χ0n) is 10.3. The van der Waals surface area contributed by atoms with E-state index in [0.29, 0.717) is 5.56 Å². The summed E-state index contributed by atoms with van der Waals surface area (Å²) in [6, 6.07) is 12.2. The molecular weight excluding hydrogens is 242 g/mol. The molecular formula is C15H13NO3. The van der Waals surface area contributed by atoms with Crippen molar-refractivity contribution >= 4 is 11.8 Å². The van der Waals surface area contributed by atoms with Gasteiger partial charge in [-0.3, -0.25) is 14.6 Å². The minimum Gasteiger partial charge on any atom is -0.457 e. The Hall–Kier alpha value is -2.49. The third-order valence-electron chi connectivity index (χ3n) is 2.56. The summed E-state index contributed by atoms with van der Waals surface area (Å²) in [5.41, 5.74) is 1.35. The number of hydrogen-bond donors (Lipinski definition) is 0. The highest BCUT2D eigenvalue weighted by Gasteiger charge is 2.09. The molecule has 0 saturated carbocycles. The first-order chi connectivity index (χ1) is 9.25. The van der Waals surface area contributed by atoms with Gasteiger partial charge in [-0.15, -0.1) is 0 Å². The van der Waals surface area contributed by atoms with Gasteiger partial charge in [-0.05, 0) is 17.7 Å². The van der Waals surface area contributed by atoms with Gasteiger partial charge in [0, 0.05) is 18.0 Å². The number of Topliss-reactive ketones (excluding diaryl/α,β-unsaturated/α-hetero) is 1. The maximum atomic E-state index is 11.7. The molecule has 19 heavy (non-hydrogen) atoms. The van der Waals surface area contributed by atoms with Gasteiger partial charge in [0.2, 0.25) is 0 Å². The second kappa shape index (κ2) is 6.44. The molecule has 2 rings (SSSR count). The van der Waals surface area contributed by atoms with Crippen LogP contribution in [0.2, 0.25) is 0 Å². The number of carbonyl (C=O) groups excluding carboxylic acids is 2. The van der Waals surface area contributed by atoms with Gasteiger partial charge in [-0.25, -0.2) is 0 Å². The van der Waals surface area contributed by atoms with E-state index in [1.807, 2.05) is 6.07 Å². The molecule has 4 nitrogen and oxygen atoms in total. The van der Waals surface area contributed by atoms with E-state index in [4.69, 9.17) is 4.74 Å². The lowest BCUT2D eigenvalue weighted by Gasteiger charge is -2.04. The number of hydrogen-bond acceptors (Lipinski definition) is 4. The Morgan fingerprint density at radius 3 is 2.37 bits per heavy atom. The predicted octanol–water partition coefficient (Wildman–Crippen LogP) is 2.05. The number of ketones is 1. The van der Waals surface area contributed by atoms with Crippen LogP contribution in [0.4, 0.5) is 0 Å². The molecule has 4 heteroatoms. The number of rotatable bonds is 5. The van der Waals surface area contributed by atoms with Crippen LogP contribution in [0.3, 0.4) is 0 Å². The van der Waals surface area contributed by atoms with Gasteiger partial charge in [0.1, 0.15) is 0 Å². The van der Waals surface area contributed by atoms with Crippen molar-refractivity contribution in [2.24, 2.45) is 0 Å². The van der Waals surface area contributed by atoms with E-state index >= 15 is 0 Å². The second-order valence-corrected chi connectivity index (χ2v) is 3.98. The highest BCUT2D eigenvalue weighted by molar-refractivity contribution is 5.97. The molecule has 1 heterocycles. The molecule has 0 saturated heterocycles. The van der Waals surface area contributed by atoms with Crippen molar-refractivity contribution in [3.63, 3.8) is 0 Å². The van der Waals surface area contributed by atoms with Crippen LogP contribution in [0.5, 0.6) is 0 Å². The molecule has 0 N–H and O–H groups in total. The largest absolute Gasteiger partial charge is 0.457 e. The molecule has 0 aliphatic carbocycles. The van der Waals surface area contributed by atoms with Crippen LogP contribution < -0.4 is 0 Å². The van der Waals surface area contributed by atoms with Gasteiger partial charge in [0.05, 0.1) is 6.42 Å². The standard InChI is InChI=1S/C15H13NO3/c17-14(13-4-2-1-3-5-13)11-19-15(18)10-12-6-8-16-9-7-12/h1-9H,10-11H2. The Labute approximate surface area is 111 Å². The third kappa shape index (κ3) is 4.03. The monoisotopic (exact) mass is 255 g/mol. The van der Waals surface area contributed by atoms with E-state index in [2.05, 4.69) is 4.98 Å². The Morgan fingerprint density at radius 1 is 1.00 bits per heavy atom. The average Bonchev–Trinajstić information content (AvgIpc) is 2.47. The number of benzene rings is 1. The fraction of sp³-hybridized carbons (Fsp3) is 0.133. The van der Waals surface area contributed by atoms with E-state index < -0.39 is 5.97 Å². The molecule has 1 aromatic carbocycles. The van der Waals surface area contributed by atoms with Gasteiger partial charge < -0.3 is 4.74 Å². The number of esters is 1. The molecule has 0 fully saturated rings. The Kier molecular flexibility index (Phi) is 4.39. The topological polar surface area (TPSA) is 56.3 Å². The minimum absolute atomic E-state index is 0.143. The lowest BCUT2D eigenvalue weighted by molar-refractivity contribution is -0.141. The molecule has 0 unspecified atom stereocenters. The summed E-state index contributed by atoms with van der Waals surface area (Å²) in [7, 11) is 0. The van der Waals surface area contributed by atoms with Crippen LogP contribution in [0, 0.1) is 0 Å². The Bertz CT molecular complexity index is 552. The van der Waals surface area contributed by atoms with Crippen molar-refractivity contribution in [2.75, 3.05) is 6.61 Å². The van der Waals surface area contributed by atoms with Gasteiger partial charge in [-0.2, -0.15) is 0 Å². The second-order valence-electron chi connectivity index (χ2n) is 3.98. The van der Waals surface area contributed by atoms with Crippen molar-refractivity contribution in [3.05, 3.63) is 66.0 Å². The van der Waals surface area contributed by atoms with Crippen LogP contribution in [-0.2, 0) is 16.0 Å². The first kappa shape index (κ1) is 13.0. The first-order valence-electron chi connectivity index (χ1n) is 5.88. The van der Waals surface area contributed by atoms with E-state index in [-0.39, 0.29) is 18.8 Å². The lowest BCUT2D eigenvalue weighted by Crippen LogP contribution is -2.15. The summed E-state index contributed by atoms with van der Waals surface area (Å²) >= 11 is 0. The molecule has 0 bridgehead atoms. The third-order valence-corrected chi connectivity index (χ3v) is 2.56. The number of pyridine rings is 1. The van der Waals surface area contributed by atoms with Gasteiger partial charge in [-0.1, -0.05) is 30.3 Å². The molecule has 0 atom stereocenters. The normalized spacial score (nSPS) is 9.89. The summed E-state index contributed by atoms with van der Waals surface area (Å²) in [5.74, 6) is -0.626. The summed E-state index contributed by atoms with van der Waals surface area (Å²) in [6.07, 6.45) is 3.36. The van der Waals surface area contributed by atoms with Crippen LogP contribution in [-0.4, -0.2) is 23.3 Å². The summed E-state index contributed by atoms with van der Waals surface area (Å²) in [4.78, 5) is 27.1. The zero-order valence-corrected chi connectivity index (χ0v) is 10.3. The number of ether oxygens (including phenoxy) is 1. The molecule has 2 aromatic rings. The smallest absolute Gasteiger partial charge is 0.310 e. The predicted molar refractivity (Wildman–Crippen MR) is 69.7 cm³/mol. The van der Waals surface area contributed by atoms with Crippen LogP contribution in [0.1, 0.15) is 15.9 Å². The molecule has 0 amide bonds. The van der Waals surface area contributed by atoms with E-state index in [0.717, 1.165) is 5.56 Å². The van der Waals surface area contributed by atoms with E-state index in [1.165, 1.54) is 0 Å².